The van der Waals surface area contributed by atoms with Gasteiger partial charge in [-0.05, 0) is 30.2 Å². The molecule has 2 aromatic heterocycles. The van der Waals surface area contributed by atoms with E-state index in [0.717, 1.165) is 11.1 Å². The number of aromatic nitrogens is 4. The van der Waals surface area contributed by atoms with Crippen LogP contribution in [0.5, 0.6) is 5.75 Å². The molecule has 4 rings (SSSR count). The lowest BCUT2D eigenvalue weighted by Crippen LogP contribution is -2.34. The second kappa shape index (κ2) is 10.6. The Morgan fingerprint density at radius 3 is 2.57 bits per heavy atom. The number of para-hydroxylation sites is 1. The summed E-state index contributed by atoms with van der Waals surface area (Å²) in [5, 5.41) is 2.63. The minimum absolute atomic E-state index is 0.0815. The average Bonchev–Trinajstić information content (AvgIpc) is 3.27. The second-order valence-electron chi connectivity index (χ2n) is 7.59. The van der Waals surface area contributed by atoms with E-state index in [2.05, 4.69) is 20.0 Å². The van der Waals surface area contributed by atoms with Crippen LogP contribution in [0.4, 0.5) is 0 Å². The van der Waals surface area contributed by atoms with E-state index in [4.69, 9.17) is 13.8 Å². The van der Waals surface area contributed by atoms with Gasteiger partial charge in [-0.2, -0.15) is 5.09 Å². The van der Waals surface area contributed by atoms with Crippen LogP contribution in [0.15, 0.2) is 72.0 Å². The van der Waals surface area contributed by atoms with Crippen molar-refractivity contribution in [2.45, 2.75) is 26.1 Å². The van der Waals surface area contributed by atoms with Gasteiger partial charge in [-0.3, -0.25) is 14.1 Å². The fraction of sp³-hybridized carbons (Fsp3) is 0.217. The summed E-state index contributed by atoms with van der Waals surface area (Å²) in [5.41, 5.74) is 1.92. The van der Waals surface area contributed by atoms with E-state index >= 15 is 0 Å². The highest BCUT2D eigenvalue weighted by molar-refractivity contribution is 7.52. The van der Waals surface area contributed by atoms with E-state index < -0.39 is 19.8 Å². The van der Waals surface area contributed by atoms with Crippen molar-refractivity contribution < 1.29 is 23.1 Å². The van der Waals surface area contributed by atoms with Crippen LogP contribution in [0.3, 0.4) is 0 Å². The Morgan fingerprint density at radius 2 is 1.83 bits per heavy atom. The van der Waals surface area contributed by atoms with Crippen molar-refractivity contribution in [3.05, 3.63) is 88.7 Å². The molecule has 0 aliphatic carbocycles. The van der Waals surface area contributed by atoms with Crippen LogP contribution in [-0.4, -0.2) is 38.6 Å². The first kappa shape index (κ1) is 24.3. The topological polar surface area (TPSA) is 137 Å². The summed E-state index contributed by atoms with van der Waals surface area (Å²) < 4.78 is 31.5. The van der Waals surface area contributed by atoms with E-state index in [0.29, 0.717) is 17.9 Å². The molecule has 0 spiro atoms. The summed E-state index contributed by atoms with van der Waals surface area (Å²) in [6.45, 7) is 1.77. The quantitative estimate of drug-likeness (QED) is 0.250. The first-order valence-corrected chi connectivity index (χ1v) is 12.2. The predicted octanol–water partition coefficient (Wildman–Crippen LogP) is 3.02. The Hall–Kier alpha value is -3.79. The fourth-order valence-corrected chi connectivity index (χ4v) is 4.84. The third kappa shape index (κ3) is 5.83. The SMILES string of the molecule is COC(=O)C(C)NP(=O)(OCc1ccccc1Cn1cnc2c(=O)[nH]cnc21)Oc1ccccc1. The second-order valence-corrected chi connectivity index (χ2v) is 9.29. The molecule has 0 bridgehead atoms. The van der Waals surface area contributed by atoms with Gasteiger partial charge in [-0.15, -0.1) is 0 Å². The summed E-state index contributed by atoms with van der Waals surface area (Å²) in [7, 11) is -2.75. The molecule has 0 radical (unpaired) electrons. The van der Waals surface area contributed by atoms with Gasteiger partial charge in [-0.25, -0.2) is 14.5 Å². The number of H-pyrrole nitrogens is 1. The van der Waals surface area contributed by atoms with E-state index in [-0.39, 0.29) is 17.7 Å². The molecular weight excluding hydrogens is 473 g/mol. The number of methoxy groups -OCH3 is 1. The predicted molar refractivity (Wildman–Crippen MR) is 128 cm³/mol. The largest absolute Gasteiger partial charge is 0.468 e. The van der Waals surface area contributed by atoms with Crippen molar-refractivity contribution in [1.82, 2.24) is 24.6 Å². The third-order valence-corrected chi connectivity index (χ3v) is 6.76. The van der Waals surface area contributed by atoms with Crippen molar-refractivity contribution >= 4 is 24.9 Å². The first-order chi connectivity index (χ1) is 16.9. The zero-order valence-electron chi connectivity index (χ0n) is 19.1. The molecule has 11 nitrogen and oxygen atoms in total. The monoisotopic (exact) mass is 497 g/mol. The van der Waals surface area contributed by atoms with Crippen LogP contribution < -0.4 is 15.2 Å². The summed E-state index contributed by atoms with van der Waals surface area (Å²) in [5.74, 6) is -0.296. The molecule has 2 heterocycles. The molecule has 0 aliphatic heterocycles. The Kier molecular flexibility index (Phi) is 7.40. The lowest BCUT2D eigenvalue weighted by atomic mass is 10.1. The van der Waals surface area contributed by atoms with E-state index in [9.17, 15) is 14.2 Å². The number of carbonyl (C=O) groups is 1. The molecule has 2 N–H and O–H groups in total. The van der Waals surface area contributed by atoms with Crippen LogP contribution in [0.1, 0.15) is 18.1 Å². The van der Waals surface area contributed by atoms with E-state index in [1.165, 1.54) is 26.7 Å². The van der Waals surface area contributed by atoms with Gasteiger partial charge in [0, 0.05) is 0 Å². The maximum atomic E-state index is 13.6. The van der Waals surface area contributed by atoms with Gasteiger partial charge < -0.3 is 18.8 Å². The lowest BCUT2D eigenvalue weighted by Gasteiger charge is -2.23. The van der Waals surface area contributed by atoms with Crippen LogP contribution in [-0.2, 0) is 31.8 Å². The summed E-state index contributed by atoms with van der Waals surface area (Å²) in [6, 6.07) is 15.0. The highest BCUT2D eigenvalue weighted by atomic mass is 31.2. The Balaban J connectivity index is 1.57. The molecule has 0 saturated carbocycles. The molecule has 2 aromatic carbocycles. The fourth-order valence-electron chi connectivity index (χ4n) is 3.37. The standard InChI is InChI=1S/C23H24N5O6P/c1-16(23(30)32-2)27-35(31,34-19-10-4-3-5-11-19)33-13-18-9-7-6-8-17(18)12-28-15-26-20-21(28)24-14-25-22(20)29/h3-11,14-16H,12-13H2,1-2H3,(H,27,31)(H,24,25,29). The highest BCUT2D eigenvalue weighted by Crippen LogP contribution is 2.45. The zero-order valence-corrected chi connectivity index (χ0v) is 20.0. The van der Waals surface area contributed by atoms with Crippen LogP contribution >= 0.6 is 7.75 Å². The maximum Gasteiger partial charge on any atom is 0.459 e. The molecular formula is C23H24N5O6P. The number of rotatable bonds is 10. The van der Waals surface area contributed by atoms with Crippen molar-refractivity contribution in [3.8, 4) is 5.75 Å². The molecule has 0 fully saturated rings. The molecule has 182 valence electrons. The maximum absolute atomic E-state index is 13.6. The molecule has 0 aliphatic rings. The van der Waals surface area contributed by atoms with Gasteiger partial charge in [0.1, 0.15) is 11.8 Å². The van der Waals surface area contributed by atoms with Gasteiger partial charge in [0.15, 0.2) is 11.2 Å². The minimum atomic E-state index is -3.99. The molecule has 0 amide bonds. The average molecular weight is 497 g/mol. The van der Waals surface area contributed by atoms with Gasteiger partial charge in [-0.1, -0.05) is 42.5 Å². The number of fused-ring (bicyclic) bond motifs is 1. The van der Waals surface area contributed by atoms with E-state index in [1.54, 1.807) is 34.9 Å². The van der Waals surface area contributed by atoms with Crippen LogP contribution in [0, 0.1) is 0 Å². The number of nitrogens with one attached hydrogen (secondary N) is 2. The van der Waals surface area contributed by atoms with Crippen LogP contribution in [0.2, 0.25) is 0 Å². The molecule has 35 heavy (non-hydrogen) atoms. The lowest BCUT2D eigenvalue weighted by molar-refractivity contribution is -0.142. The number of imidazole rings is 1. The van der Waals surface area contributed by atoms with Gasteiger partial charge >= 0.3 is 13.7 Å². The van der Waals surface area contributed by atoms with Gasteiger partial charge in [0.05, 0.1) is 32.9 Å². The molecule has 2 unspecified atom stereocenters. The number of esters is 1. The first-order valence-electron chi connectivity index (χ1n) is 10.7. The highest BCUT2D eigenvalue weighted by Gasteiger charge is 2.32. The number of aromatic amines is 1. The van der Waals surface area contributed by atoms with E-state index in [1.807, 2.05) is 24.3 Å². The molecule has 0 saturated heterocycles. The molecule has 2 atom stereocenters. The van der Waals surface area contributed by atoms with Gasteiger partial charge in [0.2, 0.25) is 0 Å². The van der Waals surface area contributed by atoms with Crippen molar-refractivity contribution in [3.63, 3.8) is 0 Å². The number of hydrogen-bond acceptors (Lipinski definition) is 8. The van der Waals surface area contributed by atoms with Crippen molar-refractivity contribution in [1.29, 1.82) is 0 Å². The molecule has 4 aromatic rings. The minimum Gasteiger partial charge on any atom is -0.468 e. The van der Waals surface area contributed by atoms with Crippen molar-refractivity contribution in [2.24, 2.45) is 0 Å². The Labute approximate surface area is 200 Å². The number of hydrogen-bond donors (Lipinski definition) is 2. The zero-order chi connectivity index (χ0) is 24.8. The Morgan fingerprint density at radius 1 is 1.11 bits per heavy atom. The number of ether oxygens (including phenoxy) is 1. The summed E-state index contributed by atoms with van der Waals surface area (Å²) in [6.07, 6.45) is 2.86. The van der Waals surface area contributed by atoms with Gasteiger partial charge in [0.25, 0.3) is 5.56 Å². The van der Waals surface area contributed by atoms with Crippen molar-refractivity contribution in [2.75, 3.05) is 7.11 Å². The molecule has 12 heteroatoms. The number of benzene rings is 2. The smallest absolute Gasteiger partial charge is 0.459 e. The third-order valence-electron chi connectivity index (χ3n) is 5.13. The van der Waals surface area contributed by atoms with Crippen LogP contribution in [0.25, 0.3) is 11.2 Å². The Bertz CT molecular complexity index is 1420. The summed E-state index contributed by atoms with van der Waals surface area (Å²) >= 11 is 0. The summed E-state index contributed by atoms with van der Waals surface area (Å²) in [4.78, 5) is 34.7. The number of carbonyl (C=O) groups excluding carboxylic acids is 1. The normalized spacial score (nSPS) is 13.8. The number of nitrogens with zero attached hydrogens (tertiary/aromatic N) is 3.